The van der Waals surface area contributed by atoms with Gasteiger partial charge in [0.15, 0.2) is 5.76 Å². The molecule has 0 aliphatic rings. The molecule has 1 heterocycles. The van der Waals surface area contributed by atoms with E-state index in [1.54, 1.807) is 43.3 Å². The number of methoxy groups -OCH3 is 1. The lowest BCUT2D eigenvalue weighted by Crippen LogP contribution is -2.14. The van der Waals surface area contributed by atoms with Gasteiger partial charge in [0.25, 0.3) is 10.0 Å². The van der Waals surface area contributed by atoms with Gasteiger partial charge in [-0.2, -0.15) is 0 Å². The van der Waals surface area contributed by atoms with Crippen LogP contribution in [0.15, 0.2) is 56.4 Å². The zero-order valence-electron chi connectivity index (χ0n) is 14.4. The zero-order valence-corrected chi connectivity index (χ0v) is 16.8. The number of ether oxygens (including phenoxy) is 1. The van der Waals surface area contributed by atoms with E-state index in [1.165, 1.54) is 13.2 Å². The van der Waals surface area contributed by atoms with E-state index in [0.717, 1.165) is 10.0 Å². The summed E-state index contributed by atoms with van der Waals surface area (Å²) in [6.07, 6.45) is 0. The van der Waals surface area contributed by atoms with Crippen LogP contribution in [0.25, 0.3) is 11.3 Å². The molecule has 3 aromatic rings. The van der Waals surface area contributed by atoms with Gasteiger partial charge in [0.2, 0.25) is 0 Å². The summed E-state index contributed by atoms with van der Waals surface area (Å²) < 4.78 is 39.8. The van der Waals surface area contributed by atoms with E-state index < -0.39 is 10.0 Å². The molecule has 1 aromatic heterocycles. The van der Waals surface area contributed by atoms with Crippen molar-refractivity contribution in [2.24, 2.45) is 0 Å². The van der Waals surface area contributed by atoms with E-state index in [1.807, 2.05) is 6.92 Å². The number of nitrogens with zero attached hydrogens (tertiary/aromatic N) is 1. The summed E-state index contributed by atoms with van der Waals surface area (Å²) in [6.45, 7) is 3.68. The fourth-order valence-electron chi connectivity index (χ4n) is 2.46. The lowest BCUT2D eigenvalue weighted by atomic mass is 10.1. The monoisotopic (exact) mass is 436 g/mol. The molecule has 0 saturated carbocycles. The molecule has 0 aliphatic heterocycles. The van der Waals surface area contributed by atoms with Crippen LogP contribution in [-0.2, 0) is 10.0 Å². The van der Waals surface area contributed by atoms with Crippen molar-refractivity contribution in [3.8, 4) is 17.1 Å². The summed E-state index contributed by atoms with van der Waals surface area (Å²) in [6, 6.07) is 11.8. The Morgan fingerprint density at radius 3 is 2.50 bits per heavy atom. The predicted molar refractivity (Wildman–Crippen MR) is 103 cm³/mol. The minimum absolute atomic E-state index is 0.0205. The van der Waals surface area contributed by atoms with Crippen molar-refractivity contribution in [2.45, 2.75) is 18.7 Å². The Labute approximate surface area is 160 Å². The van der Waals surface area contributed by atoms with Crippen molar-refractivity contribution in [3.05, 3.63) is 58.2 Å². The van der Waals surface area contributed by atoms with Crippen LogP contribution in [-0.4, -0.2) is 20.7 Å². The molecule has 0 radical (unpaired) electrons. The van der Waals surface area contributed by atoms with E-state index in [2.05, 4.69) is 25.8 Å². The fourth-order valence-corrected chi connectivity index (χ4v) is 3.95. The Morgan fingerprint density at radius 1 is 1.12 bits per heavy atom. The number of aromatic nitrogens is 1. The highest BCUT2D eigenvalue weighted by molar-refractivity contribution is 9.10. The Kier molecular flexibility index (Phi) is 5.06. The van der Waals surface area contributed by atoms with Gasteiger partial charge in [-0.05, 0) is 55.8 Å². The maximum atomic E-state index is 12.9. The summed E-state index contributed by atoms with van der Waals surface area (Å²) in [4.78, 5) is 0.0205. The second-order valence-corrected chi connectivity index (χ2v) is 8.27. The molecule has 0 bridgehead atoms. The number of hydrogen-bond donors (Lipinski definition) is 1. The average Bonchev–Trinajstić information content (AvgIpc) is 3.04. The van der Waals surface area contributed by atoms with Gasteiger partial charge in [0.05, 0.1) is 12.8 Å². The number of rotatable bonds is 5. The number of hydrogen-bond acceptors (Lipinski definition) is 5. The molecule has 8 heteroatoms. The number of halogens is 1. The molecule has 0 aliphatic carbocycles. The third-order valence-electron chi connectivity index (χ3n) is 3.78. The summed E-state index contributed by atoms with van der Waals surface area (Å²) in [7, 11) is -2.43. The maximum Gasteiger partial charge on any atom is 0.265 e. The molecule has 1 N–H and O–H groups in total. The van der Waals surface area contributed by atoms with Crippen LogP contribution in [0.3, 0.4) is 0 Å². The van der Waals surface area contributed by atoms with E-state index in [4.69, 9.17) is 9.26 Å². The fraction of sp³-hybridized carbons (Fsp3) is 0.167. The molecule has 0 atom stereocenters. The van der Waals surface area contributed by atoms with E-state index >= 15 is 0 Å². The first-order valence-corrected chi connectivity index (χ1v) is 9.98. The second kappa shape index (κ2) is 7.13. The first kappa shape index (κ1) is 18.5. The molecule has 3 rings (SSSR count). The number of benzene rings is 2. The highest BCUT2D eigenvalue weighted by Gasteiger charge is 2.22. The van der Waals surface area contributed by atoms with Crippen LogP contribution in [0.2, 0.25) is 0 Å². The lowest BCUT2D eigenvalue weighted by molar-refractivity contribution is 0.402. The smallest absolute Gasteiger partial charge is 0.265 e. The van der Waals surface area contributed by atoms with Crippen molar-refractivity contribution in [1.82, 2.24) is 5.16 Å². The van der Waals surface area contributed by atoms with Crippen LogP contribution in [0.1, 0.15) is 11.3 Å². The number of sulfonamides is 1. The number of anilines is 1. The summed E-state index contributed by atoms with van der Waals surface area (Å²) in [5, 5.41) is 3.84. The number of nitrogens with one attached hydrogen (secondary N) is 1. The topological polar surface area (TPSA) is 81.4 Å². The Bertz CT molecular complexity index is 1060. The lowest BCUT2D eigenvalue weighted by Gasteiger charge is -2.13. The molecule has 0 spiro atoms. The van der Waals surface area contributed by atoms with Gasteiger partial charge < -0.3 is 9.26 Å². The predicted octanol–water partition coefficient (Wildman–Crippen LogP) is 4.53. The first-order chi connectivity index (χ1) is 12.3. The number of aryl methyl sites for hydroxylation is 2. The third-order valence-corrected chi connectivity index (χ3v) is 6.07. The summed E-state index contributed by atoms with van der Waals surface area (Å²) in [5.74, 6) is 0.729. The highest BCUT2D eigenvalue weighted by Crippen LogP contribution is 2.32. The Morgan fingerprint density at radius 2 is 1.88 bits per heavy atom. The first-order valence-electron chi connectivity index (χ1n) is 7.71. The van der Waals surface area contributed by atoms with Crippen LogP contribution >= 0.6 is 15.9 Å². The van der Waals surface area contributed by atoms with Crippen molar-refractivity contribution >= 4 is 31.6 Å². The average molecular weight is 437 g/mol. The molecule has 26 heavy (non-hydrogen) atoms. The van der Waals surface area contributed by atoms with Crippen molar-refractivity contribution < 1.29 is 17.7 Å². The summed E-state index contributed by atoms with van der Waals surface area (Å²) >= 11 is 3.40. The Hall–Kier alpha value is -2.32. The molecule has 2 aromatic carbocycles. The van der Waals surface area contributed by atoms with Gasteiger partial charge in [0.1, 0.15) is 10.6 Å². The van der Waals surface area contributed by atoms with Crippen molar-refractivity contribution in [2.75, 3.05) is 11.8 Å². The van der Waals surface area contributed by atoms with Crippen LogP contribution in [0.4, 0.5) is 5.69 Å². The maximum absolute atomic E-state index is 12.9. The van der Waals surface area contributed by atoms with Gasteiger partial charge in [-0.25, -0.2) is 8.42 Å². The van der Waals surface area contributed by atoms with Gasteiger partial charge in [-0.15, -0.1) is 0 Å². The quantitative estimate of drug-likeness (QED) is 0.634. The molecule has 0 saturated heterocycles. The standard InChI is InChI=1S/C18H17BrN2O4S/c1-11-8-14(5-6-15(11)19)21-26(22,23)18-10-13(4-7-16(18)24-3)17-9-12(2)20-25-17/h4-10,21H,1-3H3. The van der Waals surface area contributed by atoms with Crippen LogP contribution in [0, 0.1) is 13.8 Å². The minimum atomic E-state index is -3.86. The molecule has 6 nitrogen and oxygen atoms in total. The minimum Gasteiger partial charge on any atom is -0.495 e. The SMILES string of the molecule is COc1ccc(-c2cc(C)no2)cc1S(=O)(=O)Nc1ccc(Br)c(C)c1. The Balaban J connectivity index is 2.03. The van der Waals surface area contributed by atoms with Gasteiger partial charge in [-0.1, -0.05) is 21.1 Å². The van der Waals surface area contributed by atoms with E-state index in [9.17, 15) is 8.42 Å². The van der Waals surface area contributed by atoms with E-state index in [0.29, 0.717) is 22.7 Å². The molecule has 0 amide bonds. The van der Waals surface area contributed by atoms with Crippen molar-refractivity contribution in [3.63, 3.8) is 0 Å². The summed E-state index contributed by atoms with van der Waals surface area (Å²) in [5.41, 5.74) is 2.69. The normalized spacial score (nSPS) is 11.4. The zero-order chi connectivity index (χ0) is 18.9. The molecule has 0 unspecified atom stereocenters. The second-order valence-electron chi connectivity index (χ2n) is 5.77. The highest BCUT2D eigenvalue weighted by atomic mass is 79.9. The van der Waals surface area contributed by atoms with Crippen LogP contribution in [0.5, 0.6) is 5.75 Å². The van der Waals surface area contributed by atoms with Crippen molar-refractivity contribution in [1.29, 1.82) is 0 Å². The van der Waals surface area contributed by atoms with E-state index in [-0.39, 0.29) is 10.6 Å². The molecular formula is C18H17BrN2O4S. The third kappa shape index (κ3) is 3.76. The van der Waals surface area contributed by atoms with Gasteiger partial charge >= 0.3 is 0 Å². The molecule has 136 valence electrons. The molecule has 0 fully saturated rings. The van der Waals surface area contributed by atoms with Crippen LogP contribution < -0.4 is 9.46 Å². The van der Waals surface area contributed by atoms with Gasteiger partial charge in [-0.3, -0.25) is 4.72 Å². The molecular weight excluding hydrogens is 420 g/mol. The largest absolute Gasteiger partial charge is 0.495 e. The van der Waals surface area contributed by atoms with Gasteiger partial charge in [0, 0.05) is 21.8 Å².